The van der Waals surface area contributed by atoms with Crippen LogP contribution in [0.1, 0.15) is 12.8 Å². The Hall–Kier alpha value is -3.38. The van der Waals surface area contributed by atoms with E-state index in [0.717, 1.165) is 29.3 Å². The van der Waals surface area contributed by atoms with Crippen LogP contribution in [-0.2, 0) is 10.0 Å². The van der Waals surface area contributed by atoms with Crippen LogP contribution in [0.3, 0.4) is 0 Å². The molecule has 0 radical (unpaired) electrons. The van der Waals surface area contributed by atoms with Crippen LogP contribution in [0.4, 0.5) is 5.69 Å². The minimum atomic E-state index is -3.62. The van der Waals surface area contributed by atoms with Crippen molar-refractivity contribution in [1.82, 2.24) is 19.6 Å². The number of piperidine rings is 1. The Morgan fingerprint density at radius 1 is 1.05 bits per heavy atom. The number of imidazole rings is 1. The number of benzene rings is 3. The molecule has 1 atom stereocenters. The van der Waals surface area contributed by atoms with Gasteiger partial charge in [-0.2, -0.15) is 4.31 Å². The second kappa shape index (κ2) is 11.4. The number of rotatable bonds is 10. The topological polar surface area (TPSA) is 131 Å². The lowest BCUT2D eigenvalue weighted by Gasteiger charge is -2.32. The number of hydrogen-bond acceptors (Lipinski definition) is 7. The minimum Gasteiger partial charge on any atom is -0.489 e. The van der Waals surface area contributed by atoms with Crippen LogP contribution in [-0.4, -0.2) is 80.8 Å². The zero-order valence-corrected chi connectivity index (χ0v) is 23.0. The number of nitrogens with one attached hydrogen (secondary N) is 3. The largest absolute Gasteiger partial charge is 0.489 e. The molecule has 208 valence electrons. The summed E-state index contributed by atoms with van der Waals surface area (Å²) in [5.74, 6) is 0.818. The lowest BCUT2D eigenvalue weighted by atomic mass is 9.98. The van der Waals surface area contributed by atoms with Gasteiger partial charge in [-0.25, -0.2) is 13.2 Å². The zero-order valence-electron chi connectivity index (χ0n) is 22.2. The van der Waals surface area contributed by atoms with Gasteiger partial charge in [-0.3, -0.25) is 0 Å². The fourth-order valence-corrected chi connectivity index (χ4v) is 6.90. The number of ether oxygens (including phenoxy) is 1. The van der Waals surface area contributed by atoms with Crippen LogP contribution in [0.25, 0.3) is 21.8 Å². The SMILES string of the molecule is CN(C)c1cccc2c(S(=O)(=O)N3CCC(CNC[C@H](O)COc4cccc5[nH]c(=O)[nH]c45)CC3)cccc12. The molecule has 4 aromatic rings. The number of fused-ring (bicyclic) bond motifs is 2. The van der Waals surface area contributed by atoms with Gasteiger partial charge in [0.05, 0.1) is 10.4 Å². The second-order valence-corrected chi connectivity index (χ2v) is 12.2. The Morgan fingerprint density at radius 2 is 1.77 bits per heavy atom. The van der Waals surface area contributed by atoms with Crippen molar-refractivity contribution < 1.29 is 18.3 Å². The highest BCUT2D eigenvalue weighted by Gasteiger charge is 2.30. The third kappa shape index (κ3) is 5.81. The molecule has 1 aliphatic rings. The van der Waals surface area contributed by atoms with Gasteiger partial charge in [0.1, 0.15) is 24.0 Å². The van der Waals surface area contributed by atoms with E-state index in [1.54, 1.807) is 28.6 Å². The number of hydrogen-bond donors (Lipinski definition) is 4. The van der Waals surface area contributed by atoms with Gasteiger partial charge in [-0.1, -0.05) is 30.3 Å². The van der Waals surface area contributed by atoms with E-state index in [1.165, 1.54) is 0 Å². The fraction of sp³-hybridized carbons (Fsp3) is 0.393. The van der Waals surface area contributed by atoms with Gasteiger partial charge in [-0.05, 0) is 49.6 Å². The van der Waals surface area contributed by atoms with Crippen molar-refractivity contribution in [3.63, 3.8) is 0 Å². The van der Waals surface area contributed by atoms with Crippen LogP contribution in [0.5, 0.6) is 5.75 Å². The molecule has 0 unspecified atom stereocenters. The van der Waals surface area contributed by atoms with Crippen molar-refractivity contribution in [3.8, 4) is 5.75 Å². The highest BCUT2D eigenvalue weighted by Crippen LogP contribution is 2.33. The molecule has 11 heteroatoms. The summed E-state index contributed by atoms with van der Waals surface area (Å²) in [6, 6.07) is 16.5. The predicted octanol–water partition coefficient (Wildman–Crippen LogP) is 2.51. The molecule has 0 saturated carbocycles. The molecule has 2 heterocycles. The first-order chi connectivity index (χ1) is 18.7. The van der Waals surface area contributed by atoms with Gasteiger partial charge in [-0.15, -0.1) is 0 Å². The molecule has 0 bridgehead atoms. The number of sulfonamides is 1. The Labute approximate surface area is 227 Å². The molecule has 10 nitrogen and oxygen atoms in total. The Morgan fingerprint density at radius 3 is 2.54 bits per heavy atom. The summed E-state index contributed by atoms with van der Waals surface area (Å²) in [5, 5.41) is 15.3. The third-order valence-corrected chi connectivity index (χ3v) is 9.25. The Bertz CT molecular complexity index is 1610. The van der Waals surface area contributed by atoms with Gasteiger partial charge in [0.2, 0.25) is 10.0 Å². The molecule has 3 aromatic carbocycles. The Kier molecular flexibility index (Phi) is 7.94. The standard InChI is InChI=1S/C28H35N5O5S/c1-32(2)24-9-3-7-22-21(24)6-4-11-26(22)39(36,37)33-14-12-19(13-15-33)16-29-17-20(34)18-38-25-10-5-8-23-27(25)31-28(35)30-23/h3-11,19-20,29,34H,12-18H2,1-2H3,(H2,30,31,35)/t20-/m0/s1. The number of aromatic nitrogens is 2. The molecule has 0 amide bonds. The number of aliphatic hydroxyl groups is 1. The molecule has 1 aromatic heterocycles. The summed E-state index contributed by atoms with van der Waals surface area (Å²) in [4.78, 5) is 19.3. The van der Waals surface area contributed by atoms with E-state index in [9.17, 15) is 18.3 Å². The van der Waals surface area contributed by atoms with Gasteiger partial charge in [0, 0.05) is 50.2 Å². The van der Waals surface area contributed by atoms with E-state index < -0.39 is 16.1 Å². The Balaban J connectivity index is 1.12. The number of H-pyrrole nitrogens is 2. The van der Waals surface area contributed by atoms with Gasteiger partial charge in [0.15, 0.2) is 0 Å². The van der Waals surface area contributed by atoms with Crippen molar-refractivity contribution in [1.29, 1.82) is 0 Å². The van der Waals surface area contributed by atoms with Crippen LogP contribution in [0, 0.1) is 5.92 Å². The molecule has 0 aliphatic carbocycles. The lowest BCUT2D eigenvalue weighted by molar-refractivity contribution is 0.105. The maximum Gasteiger partial charge on any atom is 0.323 e. The van der Waals surface area contributed by atoms with Crippen molar-refractivity contribution in [2.24, 2.45) is 5.92 Å². The highest BCUT2D eigenvalue weighted by molar-refractivity contribution is 7.89. The first-order valence-corrected chi connectivity index (χ1v) is 14.6. The average molecular weight is 554 g/mol. The summed E-state index contributed by atoms with van der Waals surface area (Å²) in [5.41, 5.74) is 1.90. The molecule has 39 heavy (non-hydrogen) atoms. The van der Waals surface area contributed by atoms with E-state index >= 15 is 0 Å². The summed E-state index contributed by atoms with van der Waals surface area (Å²) in [6.45, 7) is 2.04. The average Bonchev–Trinajstić information content (AvgIpc) is 3.32. The lowest BCUT2D eigenvalue weighted by Crippen LogP contribution is -2.42. The molecule has 0 spiro atoms. The highest BCUT2D eigenvalue weighted by atomic mass is 32.2. The first kappa shape index (κ1) is 27.2. The van der Waals surface area contributed by atoms with E-state index in [0.29, 0.717) is 53.8 Å². The molecule has 4 N–H and O–H groups in total. The number of aliphatic hydroxyl groups excluding tert-OH is 1. The maximum atomic E-state index is 13.6. The summed E-state index contributed by atoms with van der Waals surface area (Å²) in [7, 11) is 0.281. The van der Waals surface area contributed by atoms with E-state index in [1.807, 2.05) is 49.3 Å². The molecular formula is C28H35N5O5S. The maximum absolute atomic E-state index is 13.6. The fourth-order valence-electron chi connectivity index (χ4n) is 5.22. The van der Waals surface area contributed by atoms with Crippen LogP contribution in [0.2, 0.25) is 0 Å². The van der Waals surface area contributed by atoms with Gasteiger partial charge >= 0.3 is 5.69 Å². The van der Waals surface area contributed by atoms with Crippen molar-refractivity contribution in [2.45, 2.75) is 23.8 Å². The monoisotopic (exact) mass is 553 g/mol. The van der Waals surface area contributed by atoms with Crippen LogP contribution < -0.4 is 20.6 Å². The number of anilines is 1. The quantitative estimate of drug-likeness (QED) is 0.237. The van der Waals surface area contributed by atoms with Gasteiger partial charge in [0.25, 0.3) is 0 Å². The second-order valence-electron chi connectivity index (χ2n) is 10.3. The number of nitrogens with zero attached hydrogens (tertiary/aromatic N) is 2. The molecule has 1 saturated heterocycles. The van der Waals surface area contributed by atoms with Crippen molar-refractivity contribution >= 4 is 37.5 Å². The molecular weight excluding hydrogens is 518 g/mol. The van der Waals surface area contributed by atoms with E-state index in [2.05, 4.69) is 15.3 Å². The van der Waals surface area contributed by atoms with E-state index in [4.69, 9.17) is 4.74 Å². The number of para-hydroxylation sites is 1. The molecule has 1 aliphatic heterocycles. The minimum absolute atomic E-state index is 0.0799. The normalized spacial score (nSPS) is 16.1. The molecule has 5 rings (SSSR count). The first-order valence-electron chi connectivity index (χ1n) is 13.2. The van der Waals surface area contributed by atoms with Crippen molar-refractivity contribution in [3.05, 3.63) is 65.1 Å². The summed E-state index contributed by atoms with van der Waals surface area (Å²) >= 11 is 0. The predicted molar refractivity (Wildman–Crippen MR) is 153 cm³/mol. The summed E-state index contributed by atoms with van der Waals surface area (Å²) in [6.07, 6.45) is 0.759. The van der Waals surface area contributed by atoms with Crippen LogP contribution >= 0.6 is 0 Å². The zero-order chi connectivity index (χ0) is 27.6. The smallest absolute Gasteiger partial charge is 0.323 e. The molecule has 1 fully saturated rings. The third-order valence-electron chi connectivity index (χ3n) is 7.29. The van der Waals surface area contributed by atoms with Crippen molar-refractivity contribution in [2.75, 3.05) is 51.8 Å². The number of aromatic amines is 2. The van der Waals surface area contributed by atoms with Gasteiger partial charge < -0.3 is 30.0 Å². The van der Waals surface area contributed by atoms with Crippen LogP contribution in [0.15, 0.2) is 64.3 Å². The van der Waals surface area contributed by atoms with E-state index in [-0.39, 0.29) is 12.3 Å². The summed E-state index contributed by atoms with van der Waals surface area (Å²) < 4.78 is 34.5.